The number of rotatable bonds is 3. The summed E-state index contributed by atoms with van der Waals surface area (Å²) in [6.45, 7) is 0. The molecule has 0 saturated carbocycles. The first-order chi connectivity index (χ1) is 26.2. The molecule has 1 aliphatic carbocycles. The van der Waals surface area contributed by atoms with Crippen molar-refractivity contribution >= 4 is 64.9 Å². The molecule has 2 aromatic heterocycles. The van der Waals surface area contributed by atoms with Crippen LogP contribution in [0, 0.1) is 0 Å². The van der Waals surface area contributed by atoms with Crippen LogP contribution < -0.4 is 0 Å². The lowest BCUT2D eigenvalue weighted by molar-refractivity contribution is 0.954. The molecule has 53 heavy (non-hydrogen) atoms. The van der Waals surface area contributed by atoms with Gasteiger partial charge < -0.3 is 0 Å². The molecule has 0 amide bonds. The van der Waals surface area contributed by atoms with E-state index in [1.165, 1.54) is 65.3 Å². The Balaban J connectivity index is 1.22. The predicted octanol–water partition coefficient (Wildman–Crippen LogP) is 12.6. The Kier molecular flexibility index (Phi) is 5.74. The summed E-state index contributed by atoms with van der Waals surface area (Å²) < 4.78 is 2.28. The molecule has 4 heteroatoms. The van der Waals surface area contributed by atoms with Crippen LogP contribution in [0.3, 0.4) is 0 Å². The number of hydrogen-bond donors (Lipinski definition) is 0. The highest BCUT2D eigenvalue weighted by atomic mass is 15.2. The number of aromatic nitrogens is 4. The SMILES string of the molecule is c1ccc2c(c1)-c1cccc3c1c-2cc1c3c2cc3ccccc3cc2n1-c1nc(-c2ccc3ccccc3c2)nc(-c2ccc3ccccc3c2)n1. The Morgan fingerprint density at radius 3 is 1.49 bits per heavy atom. The van der Waals surface area contributed by atoms with Gasteiger partial charge in [0.1, 0.15) is 0 Å². The molecule has 0 N–H and O–H groups in total. The van der Waals surface area contributed by atoms with Gasteiger partial charge >= 0.3 is 0 Å². The van der Waals surface area contributed by atoms with Gasteiger partial charge in [0.25, 0.3) is 0 Å². The van der Waals surface area contributed by atoms with Crippen molar-refractivity contribution in [3.05, 3.63) is 170 Å². The molecule has 1 aliphatic rings. The second kappa shape index (κ2) is 10.7. The van der Waals surface area contributed by atoms with Gasteiger partial charge in [-0.25, -0.2) is 4.98 Å². The van der Waals surface area contributed by atoms with Gasteiger partial charge in [0.05, 0.1) is 11.0 Å². The third-order valence-corrected chi connectivity index (χ3v) is 11.1. The summed E-state index contributed by atoms with van der Waals surface area (Å²) in [5, 5.41) is 12.0. The third-order valence-electron chi connectivity index (χ3n) is 11.1. The van der Waals surface area contributed by atoms with Crippen molar-refractivity contribution in [2.45, 2.75) is 0 Å². The number of benzene rings is 9. The van der Waals surface area contributed by atoms with Gasteiger partial charge in [-0.15, -0.1) is 0 Å². The van der Waals surface area contributed by atoms with E-state index in [0.717, 1.165) is 32.9 Å². The quantitative estimate of drug-likeness (QED) is 0.188. The molecule has 0 unspecified atom stereocenters. The first kappa shape index (κ1) is 28.5. The van der Waals surface area contributed by atoms with Crippen LogP contribution in [0.2, 0.25) is 0 Å². The van der Waals surface area contributed by atoms with Gasteiger partial charge in [-0.1, -0.05) is 140 Å². The summed E-state index contributed by atoms with van der Waals surface area (Å²) in [6.07, 6.45) is 0. The van der Waals surface area contributed by atoms with Crippen LogP contribution in [-0.4, -0.2) is 19.5 Å². The van der Waals surface area contributed by atoms with Crippen LogP contribution in [0.25, 0.3) is 116 Å². The summed E-state index contributed by atoms with van der Waals surface area (Å²) in [5.41, 5.74) is 9.10. The molecule has 11 aromatic rings. The molecule has 0 bridgehead atoms. The summed E-state index contributed by atoms with van der Waals surface area (Å²) in [5.74, 6) is 1.87. The lowest BCUT2D eigenvalue weighted by Crippen LogP contribution is -2.06. The molecule has 0 radical (unpaired) electrons. The molecule has 4 nitrogen and oxygen atoms in total. The average molecular weight is 673 g/mol. The largest absolute Gasteiger partial charge is 0.278 e. The van der Waals surface area contributed by atoms with Gasteiger partial charge in [0.15, 0.2) is 11.6 Å². The van der Waals surface area contributed by atoms with E-state index < -0.39 is 0 Å². The predicted molar refractivity (Wildman–Crippen MR) is 219 cm³/mol. The smallest absolute Gasteiger partial charge is 0.238 e. The monoisotopic (exact) mass is 672 g/mol. The van der Waals surface area contributed by atoms with E-state index in [2.05, 4.69) is 174 Å². The van der Waals surface area contributed by atoms with Crippen LogP contribution in [-0.2, 0) is 0 Å². The van der Waals surface area contributed by atoms with Crippen LogP contribution in [0.5, 0.6) is 0 Å². The number of fused-ring (bicyclic) bond motifs is 10. The number of nitrogens with zero attached hydrogens (tertiary/aromatic N) is 4. The molecule has 0 fully saturated rings. The van der Waals surface area contributed by atoms with Crippen molar-refractivity contribution in [3.63, 3.8) is 0 Å². The molecule has 0 saturated heterocycles. The lowest BCUT2D eigenvalue weighted by atomic mass is 9.97. The van der Waals surface area contributed by atoms with Crippen molar-refractivity contribution in [1.82, 2.24) is 19.5 Å². The maximum absolute atomic E-state index is 5.35. The molecule has 0 atom stereocenters. The van der Waals surface area contributed by atoms with Crippen LogP contribution >= 0.6 is 0 Å². The minimum atomic E-state index is 0.593. The van der Waals surface area contributed by atoms with Crippen molar-refractivity contribution in [2.24, 2.45) is 0 Å². The highest BCUT2D eigenvalue weighted by Gasteiger charge is 2.26. The third kappa shape index (κ3) is 4.15. The normalized spacial score (nSPS) is 12.2. The van der Waals surface area contributed by atoms with E-state index in [4.69, 9.17) is 15.0 Å². The zero-order valence-electron chi connectivity index (χ0n) is 28.5. The lowest BCUT2D eigenvalue weighted by Gasteiger charge is -2.12. The molecule has 9 aromatic carbocycles. The Morgan fingerprint density at radius 2 is 0.849 bits per heavy atom. The van der Waals surface area contributed by atoms with Crippen molar-refractivity contribution in [1.29, 1.82) is 0 Å². The van der Waals surface area contributed by atoms with Gasteiger partial charge in [-0.3, -0.25) is 4.57 Å². The minimum absolute atomic E-state index is 0.593. The fourth-order valence-electron chi connectivity index (χ4n) is 8.66. The molecule has 0 spiro atoms. The first-order valence-electron chi connectivity index (χ1n) is 18.0. The number of hydrogen-bond acceptors (Lipinski definition) is 3. The summed E-state index contributed by atoms with van der Waals surface area (Å²) in [4.78, 5) is 15.9. The van der Waals surface area contributed by atoms with Crippen molar-refractivity contribution in [3.8, 4) is 51.0 Å². The summed E-state index contributed by atoms with van der Waals surface area (Å²) >= 11 is 0. The molecule has 12 rings (SSSR count). The zero-order valence-corrected chi connectivity index (χ0v) is 28.5. The van der Waals surface area contributed by atoms with Crippen LogP contribution in [0.15, 0.2) is 170 Å². The fourth-order valence-corrected chi connectivity index (χ4v) is 8.66. The second-order valence-electron chi connectivity index (χ2n) is 14.1. The molecule has 244 valence electrons. The van der Waals surface area contributed by atoms with Crippen LogP contribution in [0.4, 0.5) is 0 Å². The van der Waals surface area contributed by atoms with Gasteiger partial charge in [0.2, 0.25) is 5.95 Å². The maximum atomic E-state index is 5.35. The fraction of sp³-hybridized carbons (Fsp3) is 0. The average Bonchev–Trinajstić information content (AvgIpc) is 3.72. The maximum Gasteiger partial charge on any atom is 0.238 e. The van der Waals surface area contributed by atoms with E-state index in [-0.39, 0.29) is 0 Å². The van der Waals surface area contributed by atoms with Crippen molar-refractivity contribution in [2.75, 3.05) is 0 Å². The van der Waals surface area contributed by atoms with E-state index in [9.17, 15) is 0 Å². The molecule has 0 aliphatic heterocycles. The Morgan fingerprint density at radius 1 is 0.321 bits per heavy atom. The first-order valence-corrected chi connectivity index (χ1v) is 18.0. The van der Waals surface area contributed by atoms with Crippen molar-refractivity contribution < 1.29 is 0 Å². The molecular weight excluding hydrogens is 645 g/mol. The topological polar surface area (TPSA) is 43.6 Å². The van der Waals surface area contributed by atoms with E-state index in [1.54, 1.807) is 0 Å². The minimum Gasteiger partial charge on any atom is -0.278 e. The van der Waals surface area contributed by atoms with Crippen LogP contribution in [0.1, 0.15) is 0 Å². The molecule has 2 heterocycles. The van der Waals surface area contributed by atoms with E-state index >= 15 is 0 Å². The van der Waals surface area contributed by atoms with Gasteiger partial charge in [-0.2, -0.15) is 9.97 Å². The molecular formula is C49H28N4. The zero-order chi connectivity index (χ0) is 34.6. The Bertz CT molecular complexity index is 3260. The van der Waals surface area contributed by atoms with Gasteiger partial charge in [0, 0.05) is 21.9 Å². The Labute approximate surface area is 304 Å². The van der Waals surface area contributed by atoms with E-state index in [0.29, 0.717) is 17.6 Å². The van der Waals surface area contributed by atoms with Gasteiger partial charge in [-0.05, 0) is 95.7 Å². The summed E-state index contributed by atoms with van der Waals surface area (Å²) in [7, 11) is 0. The second-order valence-corrected chi connectivity index (χ2v) is 14.1. The standard InChI is InChI=1S/C49H28N4/c1-3-12-31-24-35(22-20-29(31)10-1)47-50-48(36-23-21-30-11-2-4-13-32(30)25-36)52-49(51-47)53-43-27-34-15-6-5-14-33(34)26-42(43)46-40-19-9-18-39-37-16-7-8-17-38(37)41(45(39)40)28-44(46)53/h1-28H. The summed E-state index contributed by atoms with van der Waals surface area (Å²) in [6, 6.07) is 60.9. The highest BCUT2D eigenvalue weighted by Crippen LogP contribution is 2.51. The highest BCUT2D eigenvalue weighted by molar-refractivity contribution is 6.30. The Hall–Kier alpha value is -7.17. The van der Waals surface area contributed by atoms with E-state index in [1.807, 2.05) is 0 Å².